The lowest BCUT2D eigenvalue weighted by atomic mass is 10.1. The molecular weight excluding hydrogens is 435 g/mol. The number of hydrogen-bond acceptors (Lipinski definition) is 4. The highest BCUT2D eigenvalue weighted by molar-refractivity contribution is 8.01. The van der Waals surface area contributed by atoms with Crippen LogP contribution in [-0.4, -0.2) is 22.8 Å². The molecule has 154 valence electrons. The Morgan fingerprint density at radius 3 is 2.48 bits per heavy atom. The highest BCUT2D eigenvalue weighted by Crippen LogP contribution is 2.40. The molecule has 2 aromatic carbocycles. The van der Waals surface area contributed by atoms with Gasteiger partial charge in [-0.3, -0.25) is 9.59 Å². The molecule has 1 atom stereocenters. The van der Waals surface area contributed by atoms with Crippen molar-refractivity contribution in [3.05, 3.63) is 48.0 Å². The van der Waals surface area contributed by atoms with Gasteiger partial charge in [0.05, 0.1) is 16.5 Å². The Morgan fingerprint density at radius 1 is 1.17 bits per heavy atom. The van der Waals surface area contributed by atoms with Crippen molar-refractivity contribution in [2.75, 3.05) is 10.6 Å². The monoisotopic (exact) mass is 448 g/mol. The van der Waals surface area contributed by atoms with Gasteiger partial charge >= 0.3 is 6.18 Å². The third-order valence-electron chi connectivity index (χ3n) is 3.86. The number of benzene rings is 2. The standard InChI is InChI=1S/C18H13F5N2O2S2/c19-17(20)28-11-4-2-10(3-5-11)24-15(26)8-14-16(27)25-12-7-9(18(21,22)23)1-6-13(12)29-14/h1-7,14,17H,8H2,(H,24,26)(H,25,27). The molecule has 1 heterocycles. The maximum absolute atomic E-state index is 12.8. The van der Waals surface area contributed by atoms with Crippen LogP contribution in [0.15, 0.2) is 52.3 Å². The van der Waals surface area contributed by atoms with Gasteiger partial charge in [-0.15, -0.1) is 11.8 Å². The van der Waals surface area contributed by atoms with E-state index >= 15 is 0 Å². The molecule has 0 saturated heterocycles. The number of carbonyl (C=O) groups excluding carboxylic acids is 2. The van der Waals surface area contributed by atoms with Crippen molar-refractivity contribution >= 4 is 46.7 Å². The summed E-state index contributed by atoms with van der Waals surface area (Å²) in [6.07, 6.45) is -4.73. The van der Waals surface area contributed by atoms with Crippen molar-refractivity contribution in [2.24, 2.45) is 0 Å². The Hall–Kier alpha value is -2.27. The summed E-state index contributed by atoms with van der Waals surface area (Å²) in [4.78, 5) is 25.2. The molecule has 2 amide bonds. The van der Waals surface area contributed by atoms with Gasteiger partial charge in [0, 0.05) is 21.9 Å². The minimum atomic E-state index is -4.52. The van der Waals surface area contributed by atoms with Crippen LogP contribution in [-0.2, 0) is 15.8 Å². The number of nitrogens with one attached hydrogen (secondary N) is 2. The SMILES string of the molecule is O=C(CC1Sc2ccc(C(F)(F)F)cc2NC1=O)Nc1ccc(SC(F)F)cc1. The lowest BCUT2D eigenvalue weighted by molar-refractivity contribution is -0.137. The van der Waals surface area contributed by atoms with Crippen molar-refractivity contribution in [3.8, 4) is 0 Å². The van der Waals surface area contributed by atoms with Crippen molar-refractivity contribution in [1.82, 2.24) is 0 Å². The second kappa shape index (κ2) is 8.62. The highest BCUT2D eigenvalue weighted by Gasteiger charge is 2.34. The molecule has 11 heteroatoms. The molecule has 29 heavy (non-hydrogen) atoms. The van der Waals surface area contributed by atoms with E-state index in [-0.39, 0.29) is 12.1 Å². The van der Waals surface area contributed by atoms with Crippen LogP contribution in [0.25, 0.3) is 0 Å². The average molecular weight is 448 g/mol. The van der Waals surface area contributed by atoms with Gasteiger partial charge in [-0.2, -0.15) is 22.0 Å². The summed E-state index contributed by atoms with van der Waals surface area (Å²) >= 11 is 1.38. The first-order valence-corrected chi connectivity index (χ1v) is 9.91. The Morgan fingerprint density at radius 2 is 1.86 bits per heavy atom. The van der Waals surface area contributed by atoms with Gasteiger partial charge in [0.25, 0.3) is 5.76 Å². The van der Waals surface area contributed by atoms with E-state index in [9.17, 15) is 31.5 Å². The minimum absolute atomic E-state index is 0.0543. The molecule has 0 bridgehead atoms. The second-order valence-electron chi connectivity index (χ2n) is 5.96. The van der Waals surface area contributed by atoms with Crippen LogP contribution in [0.4, 0.5) is 33.3 Å². The zero-order valence-electron chi connectivity index (χ0n) is 14.4. The summed E-state index contributed by atoms with van der Waals surface area (Å²) < 4.78 is 63.0. The fourth-order valence-electron chi connectivity index (χ4n) is 2.56. The molecule has 2 aromatic rings. The van der Waals surface area contributed by atoms with Crippen molar-refractivity contribution < 1.29 is 31.5 Å². The van der Waals surface area contributed by atoms with Gasteiger partial charge in [0.2, 0.25) is 11.8 Å². The zero-order valence-corrected chi connectivity index (χ0v) is 16.1. The van der Waals surface area contributed by atoms with E-state index < -0.39 is 34.6 Å². The fraction of sp³-hybridized carbons (Fsp3) is 0.222. The van der Waals surface area contributed by atoms with Crippen molar-refractivity contribution in [2.45, 2.75) is 33.4 Å². The van der Waals surface area contributed by atoms with E-state index in [0.29, 0.717) is 27.2 Å². The fourth-order valence-corrected chi connectivity index (χ4v) is 4.15. The lowest BCUT2D eigenvalue weighted by Gasteiger charge is -2.24. The molecule has 1 aliphatic heterocycles. The molecule has 3 rings (SSSR count). The molecule has 0 spiro atoms. The average Bonchev–Trinajstić information content (AvgIpc) is 2.62. The largest absolute Gasteiger partial charge is 0.416 e. The van der Waals surface area contributed by atoms with Crippen LogP contribution < -0.4 is 10.6 Å². The number of amides is 2. The number of hydrogen-bond donors (Lipinski definition) is 2. The van der Waals surface area contributed by atoms with Gasteiger partial charge < -0.3 is 10.6 Å². The van der Waals surface area contributed by atoms with E-state index in [0.717, 1.165) is 23.9 Å². The number of alkyl halides is 5. The first kappa shape index (κ1) is 21.4. The number of thioether (sulfide) groups is 2. The summed E-state index contributed by atoms with van der Waals surface area (Å²) in [6, 6.07) is 8.82. The highest BCUT2D eigenvalue weighted by atomic mass is 32.2. The second-order valence-corrected chi connectivity index (χ2v) is 8.27. The number of anilines is 2. The van der Waals surface area contributed by atoms with Gasteiger partial charge in [-0.1, -0.05) is 11.8 Å². The van der Waals surface area contributed by atoms with Gasteiger partial charge in [0.15, 0.2) is 0 Å². The summed E-state index contributed by atoms with van der Waals surface area (Å²) in [7, 11) is 0. The van der Waals surface area contributed by atoms with Crippen LogP contribution in [0.5, 0.6) is 0 Å². The van der Waals surface area contributed by atoms with Crippen LogP contribution >= 0.6 is 23.5 Å². The Kier molecular flexibility index (Phi) is 6.37. The van der Waals surface area contributed by atoms with E-state index in [1.807, 2.05) is 0 Å². The van der Waals surface area contributed by atoms with E-state index in [1.165, 1.54) is 30.3 Å². The first-order chi connectivity index (χ1) is 13.6. The van der Waals surface area contributed by atoms with Crippen molar-refractivity contribution in [3.63, 3.8) is 0 Å². The number of halogens is 5. The summed E-state index contributed by atoms with van der Waals surface area (Å²) in [5.74, 6) is -3.60. The molecule has 2 N–H and O–H groups in total. The van der Waals surface area contributed by atoms with E-state index in [2.05, 4.69) is 10.6 Å². The lowest BCUT2D eigenvalue weighted by Crippen LogP contribution is -2.32. The zero-order chi connectivity index (χ0) is 21.2. The van der Waals surface area contributed by atoms with E-state index in [1.54, 1.807) is 0 Å². The maximum atomic E-state index is 12.8. The molecule has 4 nitrogen and oxygen atoms in total. The number of rotatable bonds is 5. The number of carbonyl (C=O) groups is 2. The molecule has 0 radical (unpaired) electrons. The Balaban J connectivity index is 1.62. The smallest absolute Gasteiger partial charge is 0.326 e. The Bertz CT molecular complexity index is 919. The molecule has 0 aliphatic carbocycles. The predicted octanol–water partition coefficient (Wildman–Crippen LogP) is 5.46. The predicted molar refractivity (Wildman–Crippen MR) is 101 cm³/mol. The summed E-state index contributed by atoms with van der Waals surface area (Å²) in [6.45, 7) is 0. The van der Waals surface area contributed by atoms with E-state index in [4.69, 9.17) is 0 Å². The van der Waals surface area contributed by atoms with Gasteiger partial charge in [0.1, 0.15) is 0 Å². The van der Waals surface area contributed by atoms with Crippen LogP contribution in [0.3, 0.4) is 0 Å². The molecule has 0 aromatic heterocycles. The first-order valence-electron chi connectivity index (χ1n) is 8.15. The molecule has 0 fully saturated rings. The molecule has 1 unspecified atom stereocenters. The normalized spacial score (nSPS) is 16.3. The molecular formula is C18H13F5N2O2S2. The molecule has 0 saturated carbocycles. The van der Waals surface area contributed by atoms with Gasteiger partial charge in [-0.05, 0) is 42.5 Å². The topological polar surface area (TPSA) is 58.2 Å². The molecule has 1 aliphatic rings. The van der Waals surface area contributed by atoms with Crippen molar-refractivity contribution in [1.29, 1.82) is 0 Å². The summed E-state index contributed by atoms with van der Waals surface area (Å²) in [5, 5.41) is 4.16. The summed E-state index contributed by atoms with van der Waals surface area (Å²) in [5.41, 5.74) is -0.439. The minimum Gasteiger partial charge on any atom is -0.326 e. The van der Waals surface area contributed by atoms with Crippen LogP contribution in [0.1, 0.15) is 12.0 Å². The quantitative estimate of drug-likeness (QED) is 0.471. The Labute approximate surface area is 170 Å². The maximum Gasteiger partial charge on any atom is 0.416 e. The van der Waals surface area contributed by atoms with Crippen LogP contribution in [0, 0.1) is 0 Å². The van der Waals surface area contributed by atoms with Crippen LogP contribution in [0.2, 0.25) is 0 Å². The third kappa shape index (κ3) is 5.63. The third-order valence-corrected chi connectivity index (χ3v) is 5.86. The number of fused-ring (bicyclic) bond motifs is 1. The van der Waals surface area contributed by atoms with Gasteiger partial charge in [-0.25, -0.2) is 0 Å².